The van der Waals surface area contributed by atoms with E-state index in [2.05, 4.69) is 10.6 Å². The van der Waals surface area contributed by atoms with Crippen LogP contribution in [0, 0.1) is 0 Å². The van der Waals surface area contributed by atoms with Crippen LogP contribution in [-0.2, 0) is 20.8 Å². The first kappa shape index (κ1) is 36.9. The van der Waals surface area contributed by atoms with E-state index in [9.17, 15) is 28.8 Å². The van der Waals surface area contributed by atoms with Crippen molar-refractivity contribution in [3.8, 4) is 34.1 Å². The van der Waals surface area contributed by atoms with Crippen LogP contribution < -0.4 is 29.6 Å². The van der Waals surface area contributed by atoms with Crippen molar-refractivity contribution in [3.05, 3.63) is 168 Å². The van der Waals surface area contributed by atoms with Crippen LogP contribution in [0.1, 0.15) is 36.6 Å². The summed E-state index contributed by atoms with van der Waals surface area (Å²) in [5, 5.41) is 5.49. The van der Waals surface area contributed by atoms with Gasteiger partial charge in [-0.3, -0.25) is 19.2 Å². The molecule has 2 N–H and O–H groups in total. The molecule has 12 heteroatoms. The fourth-order valence-corrected chi connectivity index (χ4v) is 5.30. The van der Waals surface area contributed by atoms with Gasteiger partial charge in [0.25, 0.3) is 18.9 Å². The van der Waals surface area contributed by atoms with Gasteiger partial charge in [-0.15, -0.1) is 0 Å². The number of ether oxygens (including phenoxy) is 4. The van der Waals surface area contributed by atoms with Gasteiger partial charge in [0, 0.05) is 16.9 Å². The second-order valence-electron chi connectivity index (χ2n) is 11.8. The quantitative estimate of drug-likeness (QED) is 0.0660. The zero-order chi connectivity index (χ0) is 38.6. The summed E-state index contributed by atoms with van der Waals surface area (Å²) in [6.07, 6.45) is -0.0208. The molecule has 0 aromatic heterocycles. The first-order chi connectivity index (χ1) is 26.8. The van der Waals surface area contributed by atoms with Crippen molar-refractivity contribution in [2.45, 2.75) is 6.42 Å². The van der Waals surface area contributed by atoms with Crippen molar-refractivity contribution < 1.29 is 47.7 Å². The molecule has 0 aliphatic heterocycles. The molecule has 0 atom stereocenters. The SMILES string of the molecule is O=COc1ccc(NC(=O)c2cccc(C(=O)Oc3ccc(NC(=O)Cc4cccc(C(=O)Oc5ccc(-c6ccc(OC=O)cc6)cc5)c4)cc3)c2)cc1. The van der Waals surface area contributed by atoms with E-state index in [0.717, 1.165) is 11.1 Å². The number of amides is 2. The van der Waals surface area contributed by atoms with Gasteiger partial charge in [-0.2, -0.15) is 0 Å². The van der Waals surface area contributed by atoms with Crippen LogP contribution in [0.3, 0.4) is 0 Å². The molecule has 2 amide bonds. The predicted octanol–water partition coefficient (Wildman–Crippen LogP) is 7.30. The summed E-state index contributed by atoms with van der Waals surface area (Å²) >= 11 is 0. The standard InChI is InChI=1S/C43H30N2O10/c46-26-52-36-15-7-29(8-16-36)30-9-17-38(18-10-30)54-42(50)32-5-1-3-28(23-32)24-40(48)44-34-13-21-39(22-14-34)55-43(51)33-6-2-4-31(25-33)41(49)45-35-11-19-37(20-12-35)53-27-47/h1-23,25-27H,24H2,(H,44,48)(H,45,49). The Morgan fingerprint density at radius 2 is 0.909 bits per heavy atom. The summed E-state index contributed by atoms with van der Waals surface area (Å²) in [7, 11) is 0. The van der Waals surface area contributed by atoms with E-state index in [0.29, 0.717) is 47.1 Å². The molecular weight excluding hydrogens is 704 g/mol. The highest BCUT2D eigenvalue weighted by atomic mass is 16.5. The molecule has 6 aromatic carbocycles. The normalized spacial score (nSPS) is 10.3. The fraction of sp³-hybridized carbons (Fsp3) is 0.0233. The lowest BCUT2D eigenvalue weighted by Crippen LogP contribution is -2.15. The summed E-state index contributed by atoms with van der Waals surface area (Å²) in [5.41, 5.74) is 3.92. The van der Waals surface area contributed by atoms with Crippen LogP contribution in [0.2, 0.25) is 0 Å². The van der Waals surface area contributed by atoms with Crippen molar-refractivity contribution in [2.75, 3.05) is 10.6 Å². The van der Waals surface area contributed by atoms with Crippen LogP contribution >= 0.6 is 0 Å². The second-order valence-corrected chi connectivity index (χ2v) is 11.8. The minimum absolute atomic E-state index is 0.0208. The lowest BCUT2D eigenvalue weighted by molar-refractivity contribution is -0.121. The Morgan fingerprint density at radius 3 is 1.45 bits per heavy atom. The second kappa shape index (κ2) is 17.6. The molecule has 0 fully saturated rings. The maximum Gasteiger partial charge on any atom is 0.343 e. The van der Waals surface area contributed by atoms with Crippen molar-refractivity contribution in [2.24, 2.45) is 0 Å². The molecule has 0 aliphatic rings. The van der Waals surface area contributed by atoms with Crippen molar-refractivity contribution >= 4 is 48.1 Å². The van der Waals surface area contributed by atoms with Gasteiger partial charge >= 0.3 is 11.9 Å². The molecule has 0 aliphatic carbocycles. The molecule has 0 unspecified atom stereocenters. The van der Waals surface area contributed by atoms with E-state index in [4.69, 9.17) is 18.9 Å². The molecular formula is C43H30N2O10. The number of rotatable bonds is 14. The molecule has 0 saturated carbocycles. The number of esters is 2. The number of carbonyl (C=O) groups excluding carboxylic acids is 6. The maximum atomic E-state index is 12.9. The van der Waals surface area contributed by atoms with Gasteiger partial charge < -0.3 is 29.6 Å². The monoisotopic (exact) mass is 734 g/mol. The van der Waals surface area contributed by atoms with Gasteiger partial charge in [-0.25, -0.2) is 9.59 Å². The molecule has 6 aromatic rings. The van der Waals surface area contributed by atoms with E-state index in [-0.39, 0.29) is 34.8 Å². The van der Waals surface area contributed by atoms with Gasteiger partial charge in [-0.1, -0.05) is 42.5 Å². The number of nitrogens with one attached hydrogen (secondary N) is 2. The van der Waals surface area contributed by atoms with E-state index in [1.54, 1.807) is 109 Å². The highest BCUT2D eigenvalue weighted by Gasteiger charge is 2.15. The molecule has 272 valence electrons. The molecule has 0 saturated heterocycles. The minimum Gasteiger partial charge on any atom is -0.429 e. The Bertz CT molecular complexity index is 2340. The topological polar surface area (TPSA) is 163 Å². The van der Waals surface area contributed by atoms with Crippen LogP contribution in [0.4, 0.5) is 11.4 Å². The summed E-state index contributed by atoms with van der Waals surface area (Å²) < 4.78 is 20.6. The lowest BCUT2D eigenvalue weighted by Gasteiger charge is -2.10. The summed E-state index contributed by atoms with van der Waals surface area (Å²) in [4.78, 5) is 72.4. The van der Waals surface area contributed by atoms with Crippen LogP contribution in [0.25, 0.3) is 11.1 Å². The fourth-order valence-electron chi connectivity index (χ4n) is 5.30. The third kappa shape index (κ3) is 10.1. The average Bonchev–Trinajstić information content (AvgIpc) is 3.20. The van der Waals surface area contributed by atoms with Crippen molar-refractivity contribution in [1.82, 2.24) is 0 Å². The Hall–Kier alpha value is -7.86. The average molecular weight is 735 g/mol. The predicted molar refractivity (Wildman–Crippen MR) is 201 cm³/mol. The van der Waals surface area contributed by atoms with E-state index >= 15 is 0 Å². The zero-order valence-corrected chi connectivity index (χ0v) is 28.8. The van der Waals surface area contributed by atoms with Gasteiger partial charge in [0.2, 0.25) is 5.91 Å². The number of benzene rings is 6. The Labute approximate surface area is 314 Å². The Balaban J connectivity index is 0.986. The van der Waals surface area contributed by atoms with Gasteiger partial charge in [-0.05, 0) is 120 Å². The Kier molecular flexibility index (Phi) is 11.8. The van der Waals surface area contributed by atoms with Gasteiger partial charge in [0.05, 0.1) is 17.5 Å². The van der Waals surface area contributed by atoms with Crippen molar-refractivity contribution in [3.63, 3.8) is 0 Å². The third-order valence-corrected chi connectivity index (χ3v) is 7.97. The van der Waals surface area contributed by atoms with Crippen LogP contribution in [-0.4, -0.2) is 36.7 Å². The number of hydrogen-bond donors (Lipinski definition) is 2. The minimum atomic E-state index is -0.688. The number of anilines is 2. The summed E-state index contributed by atoms with van der Waals surface area (Å²) in [5.74, 6) is -0.749. The molecule has 0 heterocycles. The maximum absolute atomic E-state index is 12.9. The van der Waals surface area contributed by atoms with Crippen LogP contribution in [0.15, 0.2) is 146 Å². The van der Waals surface area contributed by atoms with Crippen LogP contribution in [0.5, 0.6) is 23.0 Å². The molecule has 0 spiro atoms. The smallest absolute Gasteiger partial charge is 0.343 e. The molecule has 12 nitrogen and oxygen atoms in total. The highest BCUT2D eigenvalue weighted by Crippen LogP contribution is 2.25. The van der Waals surface area contributed by atoms with Gasteiger partial charge in [0.15, 0.2) is 0 Å². The molecule has 55 heavy (non-hydrogen) atoms. The number of hydrogen-bond acceptors (Lipinski definition) is 10. The van der Waals surface area contributed by atoms with E-state index < -0.39 is 17.8 Å². The lowest BCUT2D eigenvalue weighted by atomic mass is 10.1. The van der Waals surface area contributed by atoms with Crippen molar-refractivity contribution in [1.29, 1.82) is 0 Å². The largest absolute Gasteiger partial charge is 0.429 e. The number of carbonyl (C=O) groups is 6. The Morgan fingerprint density at radius 1 is 0.473 bits per heavy atom. The van der Waals surface area contributed by atoms with E-state index in [1.165, 1.54) is 36.4 Å². The van der Waals surface area contributed by atoms with Gasteiger partial charge in [0.1, 0.15) is 23.0 Å². The first-order valence-electron chi connectivity index (χ1n) is 16.6. The molecule has 0 radical (unpaired) electrons. The van der Waals surface area contributed by atoms with E-state index in [1.807, 2.05) is 0 Å². The highest BCUT2D eigenvalue weighted by molar-refractivity contribution is 6.06. The first-order valence-corrected chi connectivity index (χ1v) is 16.6. The molecule has 6 rings (SSSR count). The summed E-state index contributed by atoms with van der Waals surface area (Å²) in [6, 6.07) is 38.9. The third-order valence-electron chi connectivity index (χ3n) is 7.97. The summed E-state index contributed by atoms with van der Waals surface area (Å²) in [6.45, 7) is 0.667. The molecule has 0 bridgehead atoms. The zero-order valence-electron chi connectivity index (χ0n) is 28.8.